The average molecular weight is 482 g/mol. The van der Waals surface area contributed by atoms with Crippen LogP contribution in [0.4, 0.5) is 5.95 Å². The van der Waals surface area contributed by atoms with Crippen molar-refractivity contribution < 1.29 is 9.47 Å². The minimum Gasteiger partial charge on any atom is -0.497 e. The molecular weight excluding hydrogens is 446 g/mol. The number of ether oxygens (including phenoxy) is 2. The SMILES string of the molecule is COCCCCCn1c(=O)nc(NCc2c(C)cc(C)nc2C)n(Cc2ccc(OC)cc2)c1=O. The molecule has 0 fully saturated rings. The second-order valence-electron chi connectivity index (χ2n) is 8.64. The van der Waals surface area contributed by atoms with Crippen LogP contribution in [0.1, 0.15) is 47.3 Å². The molecule has 0 radical (unpaired) electrons. The van der Waals surface area contributed by atoms with Crippen molar-refractivity contribution in [1.82, 2.24) is 19.1 Å². The van der Waals surface area contributed by atoms with Gasteiger partial charge in [0.1, 0.15) is 5.75 Å². The second-order valence-corrected chi connectivity index (χ2v) is 8.64. The molecule has 188 valence electrons. The Morgan fingerprint density at radius 1 is 0.943 bits per heavy atom. The van der Waals surface area contributed by atoms with Gasteiger partial charge in [-0.15, -0.1) is 0 Å². The molecule has 3 aromatic rings. The number of unbranched alkanes of at least 4 members (excludes halogenated alkanes) is 2. The van der Waals surface area contributed by atoms with Gasteiger partial charge in [0.15, 0.2) is 0 Å². The van der Waals surface area contributed by atoms with Gasteiger partial charge in [-0.1, -0.05) is 12.1 Å². The zero-order chi connectivity index (χ0) is 25.4. The highest BCUT2D eigenvalue weighted by atomic mass is 16.5. The van der Waals surface area contributed by atoms with Gasteiger partial charge in [-0.2, -0.15) is 4.98 Å². The Hall–Kier alpha value is -3.46. The van der Waals surface area contributed by atoms with E-state index in [1.54, 1.807) is 14.2 Å². The van der Waals surface area contributed by atoms with E-state index < -0.39 is 5.69 Å². The lowest BCUT2D eigenvalue weighted by Gasteiger charge is -2.17. The van der Waals surface area contributed by atoms with Crippen LogP contribution in [0.5, 0.6) is 5.75 Å². The standard InChI is InChI=1S/C26H35N5O4/c1-18-15-19(2)28-20(3)23(18)16-27-24-29-25(32)30(13-7-6-8-14-34-4)26(33)31(24)17-21-9-11-22(35-5)12-10-21/h9-12,15H,6-8,13-14,16-17H2,1-5H3,(H,27,29,32). The normalized spacial score (nSPS) is 11.0. The molecule has 0 aliphatic carbocycles. The lowest BCUT2D eigenvalue weighted by atomic mass is 10.1. The van der Waals surface area contributed by atoms with Crippen molar-refractivity contribution in [2.24, 2.45) is 0 Å². The number of rotatable bonds is 12. The van der Waals surface area contributed by atoms with E-state index in [2.05, 4.69) is 15.3 Å². The topological polar surface area (TPSA) is 100 Å². The van der Waals surface area contributed by atoms with Crippen molar-refractivity contribution in [2.75, 3.05) is 26.1 Å². The number of pyridine rings is 1. The summed E-state index contributed by atoms with van der Waals surface area (Å²) in [5, 5.41) is 3.22. The summed E-state index contributed by atoms with van der Waals surface area (Å²) in [5.41, 5.74) is 3.93. The maximum Gasteiger partial charge on any atom is 0.354 e. The van der Waals surface area contributed by atoms with E-state index in [0.717, 1.165) is 46.7 Å². The first-order valence-electron chi connectivity index (χ1n) is 11.8. The number of methoxy groups -OCH3 is 2. The van der Waals surface area contributed by atoms with E-state index in [0.29, 0.717) is 26.1 Å². The first-order valence-corrected chi connectivity index (χ1v) is 11.8. The van der Waals surface area contributed by atoms with Gasteiger partial charge in [0.2, 0.25) is 5.95 Å². The first-order chi connectivity index (χ1) is 16.8. The van der Waals surface area contributed by atoms with Gasteiger partial charge in [0, 0.05) is 38.2 Å². The van der Waals surface area contributed by atoms with Crippen molar-refractivity contribution >= 4 is 5.95 Å². The van der Waals surface area contributed by atoms with Gasteiger partial charge in [-0.05, 0) is 74.9 Å². The van der Waals surface area contributed by atoms with Crippen molar-refractivity contribution in [3.05, 3.63) is 79.4 Å². The van der Waals surface area contributed by atoms with Crippen LogP contribution in [-0.4, -0.2) is 39.9 Å². The molecule has 0 aliphatic rings. The summed E-state index contributed by atoms with van der Waals surface area (Å²) >= 11 is 0. The van der Waals surface area contributed by atoms with Gasteiger partial charge >= 0.3 is 11.4 Å². The minimum absolute atomic E-state index is 0.242. The van der Waals surface area contributed by atoms with Crippen LogP contribution >= 0.6 is 0 Å². The number of hydrogen-bond donors (Lipinski definition) is 1. The molecule has 0 unspecified atom stereocenters. The Balaban J connectivity index is 1.93. The lowest BCUT2D eigenvalue weighted by Crippen LogP contribution is -2.43. The van der Waals surface area contributed by atoms with Crippen molar-refractivity contribution in [3.63, 3.8) is 0 Å². The highest BCUT2D eigenvalue weighted by molar-refractivity contribution is 5.36. The Kier molecular flexibility index (Phi) is 9.19. The third-order valence-electron chi connectivity index (χ3n) is 5.99. The summed E-state index contributed by atoms with van der Waals surface area (Å²) in [4.78, 5) is 35.0. The molecule has 0 spiro atoms. The van der Waals surface area contributed by atoms with E-state index in [1.165, 1.54) is 9.13 Å². The molecule has 1 aromatic carbocycles. The monoisotopic (exact) mass is 481 g/mol. The summed E-state index contributed by atoms with van der Waals surface area (Å²) in [7, 11) is 3.27. The van der Waals surface area contributed by atoms with E-state index in [-0.39, 0.29) is 18.2 Å². The number of aryl methyl sites for hydroxylation is 3. The number of nitrogens with one attached hydrogen (secondary N) is 1. The molecule has 1 N–H and O–H groups in total. The van der Waals surface area contributed by atoms with Crippen LogP contribution in [0.15, 0.2) is 39.9 Å². The number of hydrogen-bond acceptors (Lipinski definition) is 7. The minimum atomic E-state index is -0.550. The number of anilines is 1. The van der Waals surface area contributed by atoms with Gasteiger partial charge < -0.3 is 14.8 Å². The third kappa shape index (κ3) is 6.79. The molecule has 9 nitrogen and oxygen atoms in total. The summed E-state index contributed by atoms with van der Waals surface area (Å²) in [6.07, 6.45) is 2.43. The van der Waals surface area contributed by atoms with Gasteiger partial charge in [-0.25, -0.2) is 14.2 Å². The van der Waals surface area contributed by atoms with Crippen LogP contribution in [0, 0.1) is 20.8 Å². The highest BCUT2D eigenvalue weighted by Gasteiger charge is 2.15. The molecule has 0 atom stereocenters. The van der Waals surface area contributed by atoms with Crippen LogP contribution in [-0.2, 0) is 24.4 Å². The lowest BCUT2D eigenvalue weighted by molar-refractivity contribution is 0.191. The van der Waals surface area contributed by atoms with E-state index in [1.807, 2.05) is 51.1 Å². The molecule has 0 saturated heterocycles. The van der Waals surface area contributed by atoms with Crippen molar-refractivity contribution in [3.8, 4) is 5.75 Å². The van der Waals surface area contributed by atoms with Crippen LogP contribution in [0.25, 0.3) is 0 Å². The van der Waals surface area contributed by atoms with E-state index in [9.17, 15) is 9.59 Å². The van der Waals surface area contributed by atoms with Crippen LogP contribution < -0.4 is 21.4 Å². The predicted octanol–water partition coefficient (Wildman–Crippen LogP) is 3.21. The zero-order valence-corrected chi connectivity index (χ0v) is 21.3. The van der Waals surface area contributed by atoms with Crippen molar-refractivity contribution in [1.29, 1.82) is 0 Å². The van der Waals surface area contributed by atoms with Gasteiger partial charge in [0.05, 0.1) is 13.7 Å². The molecule has 3 rings (SSSR count). The zero-order valence-electron chi connectivity index (χ0n) is 21.3. The molecule has 0 saturated carbocycles. The van der Waals surface area contributed by atoms with Gasteiger partial charge in [0.25, 0.3) is 0 Å². The fourth-order valence-corrected chi connectivity index (χ4v) is 4.09. The van der Waals surface area contributed by atoms with Gasteiger partial charge in [-0.3, -0.25) is 9.55 Å². The van der Waals surface area contributed by atoms with Crippen LogP contribution in [0.3, 0.4) is 0 Å². The van der Waals surface area contributed by atoms with E-state index in [4.69, 9.17) is 9.47 Å². The Morgan fingerprint density at radius 2 is 1.69 bits per heavy atom. The summed E-state index contributed by atoms with van der Waals surface area (Å²) in [5.74, 6) is 0.974. The Morgan fingerprint density at radius 3 is 2.34 bits per heavy atom. The fourth-order valence-electron chi connectivity index (χ4n) is 4.09. The van der Waals surface area contributed by atoms with Crippen molar-refractivity contribution in [2.45, 2.75) is 59.7 Å². The molecule has 0 amide bonds. The molecular formula is C26H35N5O4. The highest BCUT2D eigenvalue weighted by Crippen LogP contribution is 2.16. The summed E-state index contributed by atoms with van der Waals surface area (Å²) < 4.78 is 13.0. The smallest absolute Gasteiger partial charge is 0.354 e. The second kappa shape index (κ2) is 12.3. The molecule has 2 heterocycles. The maximum absolute atomic E-state index is 13.4. The average Bonchev–Trinajstić information content (AvgIpc) is 2.82. The Labute approximate surface area is 205 Å². The number of benzene rings is 1. The maximum atomic E-state index is 13.4. The molecule has 2 aromatic heterocycles. The molecule has 35 heavy (non-hydrogen) atoms. The quantitative estimate of drug-likeness (QED) is 0.397. The van der Waals surface area contributed by atoms with Crippen LogP contribution in [0.2, 0.25) is 0 Å². The summed E-state index contributed by atoms with van der Waals surface area (Å²) in [6.45, 7) is 7.59. The fraction of sp³-hybridized carbons (Fsp3) is 0.462. The predicted molar refractivity (Wildman–Crippen MR) is 136 cm³/mol. The molecule has 9 heteroatoms. The van der Waals surface area contributed by atoms with E-state index >= 15 is 0 Å². The number of aromatic nitrogens is 4. The molecule has 0 bridgehead atoms. The number of nitrogens with zero attached hydrogens (tertiary/aromatic N) is 4. The Bertz CT molecular complexity index is 1230. The summed E-state index contributed by atoms with van der Waals surface area (Å²) in [6, 6.07) is 9.50. The third-order valence-corrected chi connectivity index (χ3v) is 5.99. The molecule has 0 aliphatic heterocycles. The first kappa shape index (κ1) is 26.2. The largest absolute Gasteiger partial charge is 0.497 e.